The van der Waals surface area contributed by atoms with E-state index in [-0.39, 0.29) is 0 Å². The molecule has 0 bridgehead atoms. The summed E-state index contributed by atoms with van der Waals surface area (Å²) in [5.41, 5.74) is 7.37. The lowest BCUT2D eigenvalue weighted by molar-refractivity contribution is 0.412. The highest BCUT2D eigenvalue weighted by atomic mass is 16.3. The van der Waals surface area contributed by atoms with E-state index in [2.05, 4.69) is 38.1 Å². The highest BCUT2D eigenvalue weighted by Crippen LogP contribution is 2.40. The fraction of sp³-hybridized carbons (Fsp3) is 0.636. The molecule has 2 fully saturated rings. The number of unbranched alkanes of at least 4 members (excludes halogenated alkanes) is 4. The van der Waals surface area contributed by atoms with Crippen LogP contribution in [-0.4, -0.2) is 10.2 Å². The summed E-state index contributed by atoms with van der Waals surface area (Å²) >= 11 is 0. The van der Waals surface area contributed by atoms with Crippen molar-refractivity contribution in [3.05, 3.63) is 57.6 Å². The molecule has 0 spiro atoms. The third-order valence-corrected chi connectivity index (χ3v) is 8.80. The molecule has 2 aliphatic rings. The number of hydrogen-bond acceptors (Lipinski definition) is 2. The van der Waals surface area contributed by atoms with Crippen molar-refractivity contribution in [1.29, 1.82) is 0 Å². The van der Waals surface area contributed by atoms with Crippen LogP contribution in [0.1, 0.15) is 142 Å². The van der Waals surface area contributed by atoms with Crippen LogP contribution in [0.2, 0.25) is 0 Å². The average molecular weight is 477 g/mol. The Balaban J connectivity index is 1.21. The Morgan fingerprint density at radius 1 is 0.543 bits per heavy atom. The summed E-state index contributed by atoms with van der Waals surface area (Å²) in [5.74, 6) is 2.22. The molecular weight excluding hydrogens is 428 g/mol. The fourth-order valence-corrected chi connectivity index (χ4v) is 6.69. The van der Waals surface area contributed by atoms with Crippen molar-refractivity contribution in [3.63, 3.8) is 0 Å². The minimum absolute atomic E-state index is 0.553. The number of aryl methyl sites for hydroxylation is 4. The van der Waals surface area contributed by atoms with Crippen molar-refractivity contribution in [1.82, 2.24) is 0 Å². The molecule has 2 saturated carbocycles. The van der Waals surface area contributed by atoms with Crippen LogP contribution in [0.15, 0.2) is 24.3 Å². The molecule has 2 heteroatoms. The fourth-order valence-electron chi connectivity index (χ4n) is 6.69. The Bertz CT molecular complexity index is 871. The van der Waals surface area contributed by atoms with E-state index in [4.69, 9.17) is 0 Å². The minimum atomic E-state index is 0.553. The average Bonchev–Trinajstić information content (AvgIpc) is 2.88. The van der Waals surface area contributed by atoms with Crippen molar-refractivity contribution in [3.8, 4) is 11.5 Å². The van der Waals surface area contributed by atoms with Gasteiger partial charge in [0.25, 0.3) is 0 Å². The quantitative estimate of drug-likeness (QED) is 0.335. The first-order chi connectivity index (χ1) is 17.0. The molecule has 0 aromatic heterocycles. The van der Waals surface area contributed by atoms with Gasteiger partial charge in [-0.1, -0.05) is 82.1 Å². The number of hydrogen-bond donors (Lipinski definition) is 2. The van der Waals surface area contributed by atoms with Crippen LogP contribution in [0.4, 0.5) is 0 Å². The molecule has 0 aliphatic heterocycles. The van der Waals surface area contributed by atoms with E-state index >= 15 is 0 Å². The summed E-state index contributed by atoms with van der Waals surface area (Å²) in [7, 11) is 0. The van der Waals surface area contributed by atoms with Gasteiger partial charge in [0.1, 0.15) is 11.5 Å². The molecule has 2 aromatic rings. The maximum atomic E-state index is 10.6. The predicted octanol–water partition coefficient (Wildman–Crippen LogP) is 9.55. The Morgan fingerprint density at radius 2 is 0.914 bits per heavy atom. The van der Waals surface area contributed by atoms with Gasteiger partial charge in [-0.05, 0) is 110 Å². The van der Waals surface area contributed by atoms with Crippen LogP contribution in [0, 0.1) is 13.8 Å². The van der Waals surface area contributed by atoms with Crippen molar-refractivity contribution in [2.45, 2.75) is 135 Å². The van der Waals surface area contributed by atoms with E-state index in [0.717, 1.165) is 24.0 Å². The first-order valence-electron chi connectivity index (χ1n) is 14.7. The molecule has 0 radical (unpaired) electrons. The number of phenols is 2. The maximum Gasteiger partial charge on any atom is 0.121 e. The van der Waals surface area contributed by atoms with Crippen LogP contribution >= 0.6 is 0 Å². The van der Waals surface area contributed by atoms with Gasteiger partial charge < -0.3 is 10.2 Å². The van der Waals surface area contributed by atoms with E-state index in [9.17, 15) is 10.2 Å². The highest BCUT2D eigenvalue weighted by Gasteiger charge is 2.21. The Morgan fingerprint density at radius 3 is 1.31 bits per heavy atom. The van der Waals surface area contributed by atoms with E-state index in [0.29, 0.717) is 23.3 Å². The molecule has 2 N–H and O–H groups in total. The predicted molar refractivity (Wildman–Crippen MR) is 148 cm³/mol. The van der Waals surface area contributed by atoms with Crippen molar-refractivity contribution in [2.24, 2.45) is 0 Å². The van der Waals surface area contributed by atoms with Gasteiger partial charge in [-0.15, -0.1) is 0 Å². The van der Waals surface area contributed by atoms with Gasteiger partial charge in [0.2, 0.25) is 0 Å². The summed E-state index contributed by atoms with van der Waals surface area (Å²) in [5, 5.41) is 21.3. The maximum absolute atomic E-state index is 10.6. The third-order valence-electron chi connectivity index (χ3n) is 8.80. The van der Waals surface area contributed by atoms with Gasteiger partial charge in [-0.3, -0.25) is 0 Å². The van der Waals surface area contributed by atoms with Gasteiger partial charge in [0.15, 0.2) is 0 Å². The number of phenolic OH excluding ortho intramolecular Hbond substituents is 2. The van der Waals surface area contributed by atoms with E-state index in [1.165, 1.54) is 119 Å². The van der Waals surface area contributed by atoms with Gasteiger partial charge in [-0.25, -0.2) is 0 Å². The van der Waals surface area contributed by atoms with Crippen LogP contribution in [0.5, 0.6) is 11.5 Å². The summed E-state index contributed by atoms with van der Waals surface area (Å²) in [6, 6.07) is 9.04. The minimum Gasteiger partial charge on any atom is -0.507 e. The van der Waals surface area contributed by atoms with Gasteiger partial charge in [0.05, 0.1) is 0 Å². The largest absolute Gasteiger partial charge is 0.507 e. The molecule has 0 heterocycles. The Kier molecular flexibility index (Phi) is 9.58. The summed E-state index contributed by atoms with van der Waals surface area (Å²) < 4.78 is 0. The molecule has 0 atom stereocenters. The zero-order chi connectivity index (χ0) is 24.6. The van der Waals surface area contributed by atoms with E-state index < -0.39 is 0 Å². The smallest absolute Gasteiger partial charge is 0.121 e. The second-order valence-electron chi connectivity index (χ2n) is 11.6. The van der Waals surface area contributed by atoms with Crippen LogP contribution in [-0.2, 0) is 12.8 Å². The van der Waals surface area contributed by atoms with E-state index in [1.54, 1.807) is 0 Å². The standard InChI is InChI=1S/C33H48O2/c1-24-20-26(22-30(32(24)34)28-16-10-6-11-17-28)14-8-4-3-5-9-15-27-21-25(2)33(35)31(23-27)29-18-12-7-13-19-29/h20-23,28-29,34-35H,3-19H2,1-2H3. The molecule has 2 aliphatic carbocycles. The molecule has 0 amide bonds. The summed E-state index contributed by atoms with van der Waals surface area (Å²) in [4.78, 5) is 0. The monoisotopic (exact) mass is 476 g/mol. The Hall–Kier alpha value is -1.96. The second-order valence-corrected chi connectivity index (χ2v) is 11.6. The van der Waals surface area contributed by atoms with E-state index in [1.807, 2.05) is 0 Å². The first-order valence-corrected chi connectivity index (χ1v) is 14.7. The number of aromatic hydroxyl groups is 2. The van der Waals surface area contributed by atoms with Gasteiger partial charge >= 0.3 is 0 Å². The van der Waals surface area contributed by atoms with Crippen molar-refractivity contribution < 1.29 is 10.2 Å². The van der Waals surface area contributed by atoms with Gasteiger partial charge in [-0.2, -0.15) is 0 Å². The Labute approximate surface area is 214 Å². The van der Waals surface area contributed by atoms with Gasteiger partial charge in [0, 0.05) is 0 Å². The molecule has 2 aromatic carbocycles. The molecule has 0 unspecified atom stereocenters. The van der Waals surface area contributed by atoms with Crippen molar-refractivity contribution in [2.75, 3.05) is 0 Å². The lowest BCUT2D eigenvalue weighted by Gasteiger charge is -2.24. The molecule has 2 nitrogen and oxygen atoms in total. The highest BCUT2D eigenvalue weighted by molar-refractivity contribution is 5.46. The second kappa shape index (κ2) is 12.8. The molecule has 192 valence electrons. The topological polar surface area (TPSA) is 40.5 Å². The van der Waals surface area contributed by atoms with Crippen LogP contribution in [0.25, 0.3) is 0 Å². The van der Waals surface area contributed by atoms with Crippen LogP contribution < -0.4 is 0 Å². The van der Waals surface area contributed by atoms with Crippen molar-refractivity contribution >= 4 is 0 Å². The third kappa shape index (κ3) is 7.05. The number of benzene rings is 2. The zero-order valence-corrected chi connectivity index (χ0v) is 22.4. The molecule has 35 heavy (non-hydrogen) atoms. The molecule has 4 rings (SSSR count). The lowest BCUT2D eigenvalue weighted by Crippen LogP contribution is -2.06. The normalized spacial score (nSPS) is 17.7. The zero-order valence-electron chi connectivity index (χ0n) is 22.4. The van der Waals surface area contributed by atoms with Crippen LogP contribution in [0.3, 0.4) is 0 Å². The lowest BCUT2D eigenvalue weighted by atomic mass is 9.82. The number of rotatable bonds is 10. The summed E-state index contributed by atoms with van der Waals surface area (Å²) in [6.45, 7) is 4.13. The SMILES string of the molecule is Cc1cc(CCCCCCCc2cc(C)c(O)c(C3CCCCC3)c2)cc(C2CCCCC2)c1O. The summed E-state index contributed by atoms with van der Waals surface area (Å²) in [6.07, 6.45) is 21.4. The molecular formula is C33H48O2. The first kappa shape index (κ1) is 26.1. The molecule has 0 saturated heterocycles.